The molecule has 0 radical (unpaired) electrons. The first-order valence-corrected chi connectivity index (χ1v) is 6.06. The van der Waals surface area contributed by atoms with Crippen molar-refractivity contribution < 1.29 is 4.39 Å². The van der Waals surface area contributed by atoms with E-state index in [-0.39, 0.29) is 11.9 Å². The van der Waals surface area contributed by atoms with Gasteiger partial charge in [0.1, 0.15) is 5.82 Å². The summed E-state index contributed by atoms with van der Waals surface area (Å²) in [6, 6.07) is 7.96. The number of benzene rings is 1. The summed E-state index contributed by atoms with van der Waals surface area (Å²) in [6.45, 7) is 1.89. The Bertz CT molecular complexity index is 557. The molecule has 0 spiro atoms. The quantitative estimate of drug-likeness (QED) is 0.923. The number of aryl methyl sites for hydroxylation is 1. The first kappa shape index (κ1) is 13.0. The second-order valence-electron chi connectivity index (χ2n) is 4.22. The summed E-state index contributed by atoms with van der Waals surface area (Å²) in [4.78, 5) is 4.18. The van der Waals surface area contributed by atoms with E-state index >= 15 is 0 Å². The highest BCUT2D eigenvalue weighted by Crippen LogP contribution is 2.22. The highest BCUT2D eigenvalue weighted by molar-refractivity contribution is 6.30. The SMILES string of the molecule is Cc1ncccc1C(N)Cc1cc(Cl)ccc1F. The molecule has 0 bridgehead atoms. The van der Waals surface area contributed by atoms with Crippen LogP contribution in [0.1, 0.15) is 22.9 Å². The van der Waals surface area contributed by atoms with Gasteiger partial charge in [-0.3, -0.25) is 4.98 Å². The van der Waals surface area contributed by atoms with Gasteiger partial charge < -0.3 is 5.73 Å². The van der Waals surface area contributed by atoms with E-state index < -0.39 is 0 Å². The van der Waals surface area contributed by atoms with E-state index in [1.165, 1.54) is 12.1 Å². The van der Waals surface area contributed by atoms with Crippen molar-refractivity contribution in [1.29, 1.82) is 0 Å². The monoisotopic (exact) mass is 264 g/mol. The third kappa shape index (κ3) is 2.86. The summed E-state index contributed by atoms with van der Waals surface area (Å²) in [5, 5.41) is 0.515. The number of halogens is 2. The van der Waals surface area contributed by atoms with Crippen molar-refractivity contribution in [2.75, 3.05) is 0 Å². The van der Waals surface area contributed by atoms with Gasteiger partial charge in [0.05, 0.1) is 0 Å². The van der Waals surface area contributed by atoms with Crippen LogP contribution in [0, 0.1) is 12.7 Å². The van der Waals surface area contributed by atoms with Gasteiger partial charge in [0.15, 0.2) is 0 Å². The van der Waals surface area contributed by atoms with E-state index in [2.05, 4.69) is 4.98 Å². The molecule has 0 aliphatic rings. The molecule has 0 amide bonds. The van der Waals surface area contributed by atoms with E-state index in [1.807, 2.05) is 19.1 Å². The molecule has 4 heteroatoms. The first-order chi connectivity index (χ1) is 8.58. The van der Waals surface area contributed by atoms with Crippen molar-refractivity contribution in [2.45, 2.75) is 19.4 Å². The second kappa shape index (κ2) is 5.46. The molecule has 1 heterocycles. The molecule has 1 aromatic heterocycles. The normalized spacial score (nSPS) is 12.4. The lowest BCUT2D eigenvalue weighted by Crippen LogP contribution is -2.16. The van der Waals surface area contributed by atoms with Crippen molar-refractivity contribution in [3.63, 3.8) is 0 Å². The molecule has 2 nitrogen and oxygen atoms in total. The van der Waals surface area contributed by atoms with Crippen LogP contribution in [0.5, 0.6) is 0 Å². The zero-order chi connectivity index (χ0) is 13.1. The topological polar surface area (TPSA) is 38.9 Å². The second-order valence-corrected chi connectivity index (χ2v) is 4.66. The average Bonchev–Trinajstić information content (AvgIpc) is 2.34. The number of nitrogens with two attached hydrogens (primary N) is 1. The third-order valence-electron chi connectivity index (χ3n) is 2.89. The molecule has 0 fully saturated rings. The van der Waals surface area contributed by atoms with Crippen molar-refractivity contribution in [1.82, 2.24) is 4.98 Å². The Balaban J connectivity index is 2.24. The number of hydrogen-bond acceptors (Lipinski definition) is 2. The molecular weight excluding hydrogens is 251 g/mol. The Morgan fingerprint density at radius 2 is 2.17 bits per heavy atom. The number of aromatic nitrogens is 1. The van der Waals surface area contributed by atoms with Crippen LogP contribution >= 0.6 is 11.6 Å². The zero-order valence-corrected chi connectivity index (χ0v) is 10.8. The summed E-state index contributed by atoms with van der Waals surface area (Å²) in [6.07, 6.45) is 2.12. The molecular formula is C14H14ClFN2. The highest BCUT2D eigenvalue weighted by Gasteiger charge is 2.13. The van der Waals surface area contributed by atoms with Crippen molar-refractivity contribution in [3.05, 3.63) is 64.2 Å². The first-order valence-electron chi connectivity index (χ1n) is 5.69. The van der Waals surface area contributed by atoms with Crippen LogP contribution in [0.25, 0.3) is 0 Å². The minimum Gasteiger partial charge on any atom is -0.324 e. The van der Waals surface area contributed by atoms with E-state index in [1.54, 1.807) is 12.3 Å². The Morgan fingerprint density at radius 3 is 2.89 bits per heavy atom. The number of hydrogen-bond donors (Lipinski definition) is 1. The number of pyridine rings is 1. The number of nitrogens with zero attached hydrogens (tertiary/aromatic N) is 1. The molecule has 0 aliphatic carbocycles. The maximum atomic E-state index is 13.6. The van der Waals surface area contributed by atoms with Crippen LogP contribution in [-0.2, 0) is 6.42 Å². The predicted molar refractivity (Wildman–Crippen MR) is 71.0 cm³/mol. The van der Waals surface area contributed by atoms with Gasteiger partial charge in [-0.25, -0.2) is 4.39 Å². The van der Waals surface area contributed by atoms with E-state index in [0.717, 1.165) is 11.3 Å². The predicted octanol–water partition coefficient (Wildman–Crippen LogP) is 3.43. The molecule has 2 aromatic rings. The van der Waals surface area contributed by atoms with Crippen molar-refractivity contribution >= 4 is 11.6 Å². The van der Waals surface area contributed by atoms with E-state index in [9.17, 15) is 4.39 Å². The molecule has 2 rings (SSSR count). The van der Waals surface area contributed by atoms with Gasteiger partial charge in [-0.05, 0) is 48.7 Å². The fourth-order valence-corrected chi connectivity index (χ4v) is 2.13. The molecule has 94 valence electrons. The molecule has 18 heavy (non-hydrogen) atoms. The minimum absolute atomic E-state index is 0.281. The molecule has 1 atom stereocenters. The lowest BCUT2D eigenvalue weighted by molar-refractivity contribution is 0.592. The van der Waals surface area contributed by atoms with Gasteiger partial charge in [-0.1, -0.05) is 17.7 Å². The van der Waals surface area contributed by atoms with Gasteiger partial charge >= 0.3 is 0 Å². The molecule has 0 aliphatic heterocycles. The van der Waals surface area contributed by atoms with E-state index in [0.29, 0.717) is 17.0 Å². The summed E-state index contributed by atoms with van der Waals surface area (Å²) in [7, 11) is 0. The summed E-state index contributed by atoms with van der Waals surface area (Å²) >= 11 is 5.86. The van der Waals surface area contributed by atoms with Gasteiger partial charge in [0.2, 0.25) is 0 Å². The van der Waals surface area contributed by atoms with E-state index in [4.69, 9.17) is 17.3 Å². The Kier molecular flexibility index (Phi) is 3.94. The van der Waals surface area contributed by atoms with Crippen LogP contribution in [-0.4, -0.2) is 4.98 Å². The standard InChI is InChI=1S/C14H14ClFN2/c1-9-12(3-2-6-18-9)14(17)8-10-7-11(15)4-5-13(10)16/h2-7,14H,8,17H2,1H3. The summed E-state index contributed by atoms with van der Waals surface area (Å²) < 4.78 is 13.6. The Labute approximate surface area is 111 Å². The van der Waals surface area contributed by atoms with Crippen LogP contribution in [0.2, 0.25) is 5.02 Å². The molecule has 2 N–H and O–H groups in total. The average molecular weight is 265 g/mol. The fourth-order valence-electron chi connectivity index (χ4n) is 1.94. The third-order valence-corrected chi connectivity index (χ3v) is 3.13. The lowest BCUT2D eigenvalue weighted by atomic mass is 9.98. The fraction of sp³-hybridized carbons (Fsp3) is 0.214. The largest absolute Gasteiger partial charge is 0.324 e. The molecule has 1 aromatic carbocycles. The van der Waals surface area contributed by atoms with Gasteiger partial charge in [0, 0.05) is 23.0 Å². The summed E-state index contributed by atoms with van der Waals surface area (Å²) in [5.74, 6) is -0.281. The molecule has 1 unspecified atom stereocenters. The Morgan fingerprint density at radius 1 is 1.39 bits per heavy atom. The summed E-state index contributed by atoms with van der Waals surface area (Å²) in [5.41, 5.74) is 8.42. The highest BCUT2D eigenvalue weighted by atomic mass is 35.5. The smallest absolute Gasteiger partial charge is 0.126 e. The van der Waals surface area contributed by atoms with Crippen molar-refractivity contribution in [2.24, 2.45) is 5.73 Å². The van der Waals surface area contributed by atoms with Crippen LogP contribution in [0.3, 0.4) is 0 Å². The van der Waals surface area contributed by atoms with Gasteiger partial charge in [-0.2, -0.15) is 0 Å². The van der Waals surface area contributed by atoms with Crippen molar-refractivity contribution in [3.8, 4) is 0 Å². The number of rotatable bonds is 3. The van der Waals surface area contributed by atoms with Crippen LogP contribution in [0.4, 0.5) is 4.39 Å². The Hall–Kier alpha value is -1.45. The van der Waals surface area contributed by atoms with Crippen LogP contribution in [0.15, 0.2) is 36.5 Å². The zero-order valence-electron chi connectivity index (χ0n) is 10.0. The maximum Gasteiger partial charge on any atom is 0.126 e. The molecule has 0 saturated heterocycles. The molecule has 0 saturated carbocycles. The lowest BCUT2D eigenvalue weighted by Gasteiger charge is -2.14. The maximum absolute atomic E-state index is 13.6. The van der Waals surface area contributed by atoms with Crippen LogP contribution < -0.4 is 5.73 Å². The minimum atomic E-state index is -0.285. The van der Waals surface area contributed by atoms with Gasteiger partial charge in [0.25, 0.3) is 0 Å². The van der Waals surface area contributed by atoms with Gasteiger partial charge in [-0.15, -0.1) is 0 Å².